The van der Waals surface area contributed by atoms with E-state index in [1.54, 1.807) is 55.5 Å². The van der Waals surface area contributed by atoms with E-state index in [1.807, 2.05) is 0 Å². The molecule has 0 saturated carbocycles. The smallest absolute Gasteiger partial charge is 0.338 e. The van der Waals surface area contributed by atoms with Crippen molar-refractivity contribution in [3.8, 4) is 17.3 Å². The van der Waals surface area contributed by atoms with Crippen LogP contribution in [0.15, 0.2) is 80.6 Å². The van der Waals surface area contributed by atoms with Crippen LogP contribution in [0.4, 0.5) is 5.69 Å². The second-order valence-corrected chi connectivity index (χ2v) is 6.74. The average molecular weight is 433 g/mol. The highest BCUT2D eigenvalue weighted by Crippen LogP contribution is 2.25. The fraction of sp³-hybridized carbons (Fsp3) is 0.125. The lowest BCUT2D eigenvalue weighted by molar-refractivity contribution is -0.118. The van der Waals surface area contributed by atoms with Gasteiger partial charge in [0.1, 0.15) is 11.3 Å². The summed E-state index contributed by atoms with van der Waals surface area (Å²) < 4.78 is 21.4. The Balaban J connectivity index is 1.40. The summed E-state index contributed by atoms with van der Waals surface area (Å²) in [4.78, 5) is 36.3. The Labute approximate surface area is 182 Å². The number of carbonyl (C=O) groups is 2. The van der Waals surface area contributed by atoms with E-state index in [1.165, 1.54) is 18.4 Å². The summed E-state index contributed by atoms with van der Waals surface area (Å²) in [6.45, 7) is 1.75. The summed E-state index contributed by atoms with van der Waals surface area (Å²) >= 11 is 0. The lowest BCUT2D eigenvalue weighted by atomic mass is 10.2. The molecule has 0 fully saturated rings. The van der Waals surface area contributed by atoms with E-state index >= 15 is 0 Å². The molecule has 0 aliphatic carbocycles. The largest absolute Gasteiger partial charge is 0.484 e. The molecule has 0 radical (unpaired) electrons. The number of ether oxygens (including phenoxy) is 2. The zero-order chi connectivity index (χ0) is 22.5. The number of hydrogen-bond acceptors (Lipinski definition) is 7. The SMILES string of the molecule is CCOC(=O)c1ccc(NC(=O)COc2ccc3oc(-c4ccco4)cc(=O)c3c2)cc1. The number of amides is 1. The minimum absolute atomic E-state index is 0.255. The van der Waals surface area contributed by atoms with Gasteiger partial charge in [0.05, 0.1) is 23.8 Å². The monoisotopic (exact) mass is 433 g/mol. The van der Waals surface area contributed by atoms with Crippen molar-refractivity contribution in [2.75, 3.05) is 18.5 Å². The summed E-state index contributed by atoms with van der Waals surface area (Å²) in [6, 6.07) is 15.8. The molecular weight excluding hydrogens is 414 g/mol. The first-order valence-electron chi connectivity index (χ1n) is 9.85. The summed E-state index contributed by atoms with van der Waals surface area (Å²) in [5.41, 5.74) is 1.03. The van der Waals surface area contributed by atoms with Crippen LogP contribution in [0.25, 0.3) is 22.5 Å². The molecule has 0 aliphatic heterocycles. The van der Waals surface area contributed by atoms with Crippen molar-refractivity contribution < 1.29 is 27.9 Å². The van der Waals surface area contributed by atoms with E-state index < -0.39 is 11.9 Å². The maximum Gasteiger partial charge on any atom is 0.338 e. The third kappa shape index (κ3) is 4.70. The first-order chi connectivity index (χ1) is 15.5. The second kappa shape index (κ2) is 9.22. The standard InChI is InChI=1S/C24H19NO7/c1-2-29-24(28)15-5-7-16(8-6-15)25-23(27)14-31-17-9-10-20-18(12-17)19(26)13-22(32-20)21-4-3-11-30-21/h3-13H,2,14H2,1H3,(H,25,27). The van der Waals surface area contributed by atoms with E-state index in [2.05, 4.69) is 5.32 Å². The quantitative estimate of drug-likeness (QED) is 0.434. The molecule has 0 saturated heterocycles. The number of fused-ring (bicyclic) bond motifs is 1. The predicted octanol–water partition coefficient (Wildman–Crippen LogP) is 4.25. The van der Waals surface area contributed by atoms with Gasteiger partial charge >= 0.3 is 5.97 Å². The predicted molar refractivity (Wildman–Crippen MR) is 117 cm³/mol. The number of benzene rings is 2. The number of anilines is 1. The third-order valence-corrected chi connectivity index (χ3v) is 4.51. The summed E-state index contributed by atoms with van der Waals surface area (Å²) in [7, 11) is 0. The van der Waals surface area contributed by atoms with Crippen LogP contribution in [0.5, 0.6) is 5.75 Å². The highest BCUT2D eigenvalue weighted by Gasteiger charge is 2.11. The van der Waals surface area contributed by atoms with Crippen LogP contribution in [-0.4, -0.2) is 25.1 Å². The van der Waals surface area contributed by atoms with E-state index in [-0.39, 0.29) is 18.6 Å². The Morgan fingerprint density at radius 3 is 2.53 bits per heavy atom. The van der Waals surface area contributed by atoms with Gasteiger partial charge in [-0.2, -0.15) is 0 Å². The van der Waals surface area contributed by atoms with Gasteiger partial charge in [0, 0.05) is 11.8 Å². The summed E-state index contributed by atoms with van der Waals surface area (Å²) in [5.74, 6) is 0.314. The molecule has 4 aromatic rings. The molecule has 1 amide bonds. The Kier molecular flexibility index (Phi) is 6.03. The average Bonchev–Trinajstić information content (AvgIpc) is 3.33. The van der Waals surface area contributed by atoms with Gasteiger partial charge < -0.3 is 23.6 Å². The lowest BCUT2D eigenvalue weighted by Gasteiger charge is -2.09. The molecule has 0 unspecified atom stereocenters. The van der Waals surface area contributed by atoms with Crippen molar-refractivity contribution >= 4 is 28.5 Å². The molecule has 162 valence electrons. The number of furan rings is 1. The highest BCUT2D eigenvalue weighted by atomic mass is 16.5. The molecule has 0 spiro atoms. The van der Waals surface area contributed by atoms with Crippen LogP contribution in [-0.2, 0) is 9.53 Å². The van der Waals surface area contributed by atoms with Gasteiger partial charge in [-0.25, -0.2) is 4.79 Å². The zero-order valence-corrected chi connectivity index (χ0v) is 17.1. The van der Waals surface area contributed by atoms with Crippen molar-refractivity contribution in [2.45, 2.75) is 6.92 Å². The Morgan fingerprint density at radius 1 is 1.00 bits per heavy atom. The van der Waals surface area contributed by atoms with Gasteiger partial charge in [-0.05, 0) is 61.5 Å². The Morgan fingerprint density at radius 2 is 1.81 bits per heavy atom. The van der Waals surface area contributed by atoms with Crippen molar-refractivity contribution in [1.82, 2.24) is 0 Å². The van der Waals surface area contributed by atoms with Crippen molar-refractivity contribution in [2.24, 2.45) is 0 Å². The number of esters is 1. The molecule has 4 rings (SSSR count). The maximum atomic E-state index is 12.5. The number of hydrogen-bond donors (Lipinski definition) is 1. The molecule has 2 heterocycles. The molecule has 2 aromatic carbocycles. The van der Waals surface area contributed by atoms with Gasteiger partial charge in [0.2, 0.25) is 0 Å². The molecule has 1 N–H and O–H groups in total. The van der Waals surface area contributed by atoms with E-state index in [0.717, 1.165) is 0 Å². The second-order valence-electron chi connectivity index (χ2n) is 6.74. The molecule has 0 atom stereocenters. The fourth-order valence-corrected chi connectivity index (χ4v) is 3.02. The first kappa shape index (κ1) is 20.9. The topological polar surface area (TPSA) is 108 Å². The third-order valence-electron chi connectivity index (χ3n) is 4.51. The fourth-order valence-electron chi connectivity index (χ4n) is 3.02. The minimum atomic E-state index is -0.425. The van der Waals surface area contributed by atoms with E-state index in [4.69, 9.17) is 18.3 Å². The number of rotatable bonds is 7. The van der Waals surface area contributed by atoms with Gasteiger partial charge in [-0.3, -0.25) is 9.59 Å². The van der Waals surface area contributed by atoms with Crippen LogP contribution in [0, 0.1) is 0 Å². The number of carbonyl (C=O) groups excluding carboxylic acids is 2. The molecule has 32 heavy (non-hydrogen) atoms. The van der Waals surface area contributed by atoms with Gasteiger partial charge in [-0.15, -0.1) is 0 Å². The van der Waals surface area contributed by atoms with Crippen molar-refractivity contribution in [3.05, 3.63) is 82.7 Å². The summed E-state index contributed by atoms with van der Waals surface area (Å²) in [6.07, 6.45) is 1.50. The van der Waals surface area contributed by atoms with Crippen molar-refractivity contribution in [3.63, 3.8) is 0 Å². The van der Waals surface area contributed by atoms with Gasteiger partial charge in [0.25, 0.3) is 5.91 Å². The van der Waals surface area contributed by atoms with Crippen LogP contribution >= 0.6 is 0 Å². The van der Waals surface area contributed by atoms with E-state index in [0.29, 0.717) is 39.5 Å². The van der Waals surface area contributed by atoms with E-state index in [9.17, 15) is 14.4 Å². The first-order valence-corrected chi connectivity index (χ1v) is 9.85. The van der Waals surface area contributed by atoms with Crippen molar-refractivity contribution in [1.29, 1.82) is 0 Å². The zero-order valence-electron chi connectivity index (χ0n) is 17.1. The maximum absolute atomic E-state index is 12.5. The van der Waals surface area contributed by atoms with Gasteiger partial charge in [0.15, 0.2) is 23.6 Å². The molecule has 2 aromatic heterocycles. The van der Waals surface area contributed by atoms with Crippen LogP contribution in [0.3, 0.4) is 0 Å². The molecule has 0 aliphatic rings. The minimum Gasteiger partial charge on any atom is -0.484 e. The molecule has 8 heteroatoms. The Hall–Kier alpha value is -4.33. The molecular formula is C24H19NO7. The van der Waals surface area contributed by atoms with Crippen LogP contribution in [0.1, 0.15) is 17.3 Å². The van der Waals surface area contributed by atoms with Crippen LogP contribution < -0.4 is 15.5 Å². The van der Waals surface area contributed by atoms with Crippen LogP contribution in [0.2, 0.25) is 0 Å². The Bertz CT molecular complexity index is 1300. The molecule has 8 nitrogen and oxygen atoms in total. The molecule has 0 bridgehead atoms. The normalized spacial score (nSPS) is 10.7. The lowest BCUT2D eigenvalue weighted by Crippen LogP contribution is -2.20. The number of nitrogens with one attached hydrogen (secondary N) is 1. The highest BCUT2D eigenvalue weighted by molar-refractivity contribution is 5.93. The van der Waals surface area contributed by atoms with Gasteiger partial charge in [-0.1, -0.05) is 0 Å². The summed E-state index contributed by atoms with van der Waals surface area (Å²) in [5, 5.41) is 3.00.